The van der Waals surface area contributed by atoms with Crippen LogP contribution in [-0.2, 0) is 10.9 Å². The molecule has 0 spiro atoms. The van der Waals surface area contributed by atoms with Gasteiger partial charge in [0.25, 0.3) is 0 Å². The fourth-order valence-corrected chi connectivity index (χ4v) is 4.69. The van der Waals surface area contributed by atoms with E-state index in [1.807, 2.05) is 37.3 Å². The van der Waals surface area contributed by atoms with Crippen LogP contribution in [0.2, 0.25) is 0 Å². The van der Waals surface area contributed by atoms with Crippen molar-refractivity contribution in [3.05, 3.63) is 82.9 Å². The number of methoxy groups -OCH3 is 1. The van der Waals surface area contributed by atoms with Crippen molar-refractivity contribution in [2.75, 3.05) is 17.7 Å². The number of carbonyl (C=O) groups is 1. The molecule has 1 atom stereocenters. The molecule has 0 bridgehead atoms. The molecule has 0 aliphatic rings. The van der Waals surface area contributed by atoms with Gasteiger partial charge in [-0.1, -0.05) is 41.7 Å². The summed E-state index contributed by atoms with van der Waals surface area (Å²) in [5, 5.41) is 13.3. The minimum absolute atomic E-state index is 0.183. The van der Waals surface area contributed by atoms with Crippen molar-refractivity contribution in [1.82, 2.24) is 29.9 Å². The van der Waals surface area contributed by atoms with Gasteiger partial charge in [-0.3, -0.25) is 0 Å². The number of carbonyl (C=O) groups excluding carboxylic acids is 1. The molecule has 1 unspecified atom stereocenters. The van der Waals surface area contributed by atoms with Crippen molar-refractivity contribution >= 4 is 39.1 Å². The third-order valence-corrected chi connectivity index (χ3v) is 6.34. The summed E-state index contributed by atoms with van der Waals surface area (Å²) < 4.78 is 47.0. The Labute approximate surface area is 217 Å². The van der Waals surface area contributed by atoms with Crippen LogP contribution in [0.4, 0.5) is 29.3 Å². The third-order valence-electron chi connectivity index (χ3n) is 5.46. The van der Waals surface area contributed by atoms with Crippen LogP contribution in [0.15, 0.2) is 61.2 Å². The van der Waals surface area contributed by atoms with Crippen LogP contribution in [0.1, 0.15) is 27.8 Å². The van der Waals surface area contributed by atoms with E-state index >= 15 is 0 Å². The highest BCUT2D eigenvalue weighted by molar-refractivity contribution is 7.18. The predicted octanol–water partition coefficient (Wildman–Crippen LogP) is 5.37. The van der Waals surface area contributed by atoms with E-state index < -0.39 is 29.7 Å². The fraction of sp³-hybridized carbons (Fsp3) is 0.167. The number of rotatable bonds is 6. The van der Waals surface area contributed by atoms with Gasteiger partial charge in [0.05, 0.1) is 41.2 Å². The Morgan fingerprint density at radius 2 is 1.82 bits per heavy atom. The zero-order valence-corrected chi connectivity index (χ0v) is 20.7. The Kier molecular flexibility index (Phi) is 6.73. The molecule has 194 valence electrons. The van der Waals surface area contributed by atoms with Crippen molar-refractivity contribution in [3.63, 3.8) is 0 Å². The number of thiazole rings is 1. The highest BCUT2D eigenvalue weighted by atomic mass is 32.1. The summed E-state index contributed by atoms with van der Waals surface area (Å²) in [6, 6.07) is 9.31. The third kappa shape index (κ3) is 5.03. The smallest absolute Gasteiger partial charge is 0.372 e. The Hall–Kier alpha value is -4.43. The van der Waals surface area contributed by atoms with Gasteiger partial charge in [-0.25, -0.2) is 19.7 Å². The number of aryl methyl sites for hydroxylation is 1. The summed E-state index contributed by atoms with van der Waals surface area (Å²) in [6.07, 6.45) is -0.349. The lowest BCUT2D eigenvalue weighted by atomic mass is 10.00. The van der Waals surface area contributed by atoms with Gasteiger partial charge in [0, 0.05) is 12.7 Å². The average Bonchev–Trinajstić information content (AvgIpc) is 3.55. The lowest BCUT2D eigenvalue weighted by Crippen LogP contribution is -2.22. The zero-order valence-electron chi connectivity index (χ0n) is 19.9. The first-order chi connectivity index (χ1) is 18.2. The number of anilines is 2. The number of nitrogens with one attached hydrogen (secondary N) is 2. The summed E-state index contributed by atoms with van der Waals surface area (Å²) in [4.78, 5) is 27.2. The molecule has 4 aromatic heterocycles. The van der Waals surface area contributed by atoms with Crippen molar-refractivity contribution in [2.24, 2.45) is 0 Å². The Morgan fingerprint density at radius 1 is 1.08 bits per heavy atom. The fourth-order valence-electron chi connectivity index (χ4n) is 3.92. The number of ether oxygens (including phenoxy) is 1. The molecule has 5 aromatic rings. The van der Waals surface area contributed by atoms with Crippen LogP contribution in [0, 0.1) is 6.92 Å². The summed E-state index contributed by atoms with van der Waals surface area (Å²) >= 11 is 1.39. The number of pyridine rings is 2. The number of halogens is 3. The minimum Gasteiger partial charge on any atom is -0.372 e. The second-order valence-corrected chi connectivity index (χ2v) is 9.17. The van der Waals surface area contributed by atoms with Crippen LogP contribution < -0.4 is 10.6 Å². The SMILES string of the molecule is COC(c1ccccc1)c1c(NC(=O)Nc2cnc(-n3nccn3)c(C(F)(F)F)c2)cnc2sc(C)nc12. The first-order valence-electron chi connectivity index (χ1n) is 11.1. The normalized spacial score (nSPS) is 12.4. The Bertz CT molecular complexity index is 1590. The monoisotopic (exact) mass is 540 g/mol. The number of nitrogens with zero attached hydrogens (tertiary/aromatic N) is 6. The molecule has 10 nitrogen and oxygen atoms in total. The summed E-state index contributed by atoms with van der Waals surface area (Å²) in [6.45, 7) is 1.84. The quantitative estimate of drug-likeness (QED) is 0.297. The van der Waals surface area contributed by atoms with Crippen molar-refractivity contribution in [3.8, 4) is 5.82 Å². The second-order valence-electron chi connectivity index (χ2n) is 7.99. The largest absolute Gasteiger partial charge is 0.420 e. The summed E-state index contributed by atoms with van der Waals surface area (Å²) in [5.74, 6) is -0.518. The standard InChI is InChI=1S/C24H19F3N8O2S/c1-13-32-19-18(20(37-2)14-6-4-3-5-7-14)17(12-29-22(19)38-13)34-23(36)33-15-10-16(24(25,26)27)21(28-11-15)35-30-8-9-31-35/h3-12,20H,1-2H3,(H2,33,34,36). The average molecular weight is 541 g/mol. The first kappa shape index (κ1) is 25.2. The van der Waals surface area contributed by atoms with Gasteiger partial charge < -0.3 is 15.4 Å². The van der Waals surface area contributed by atoms with Gasteiger partial charge in [-0.05, 0) is 18.6 Å². The van der Waals surface area contributed by atoms with E-state index in [-0.39, 0.29) is 11.4 Å². The van der Waals surface area contributed by atoms with Crippen LogP contribution >= 0.6 is 11.3 Å². The van der Waals surface area contributed by atoms with Crippen LogP contribution in [0.5, 0.6) is 0 Å². The number of alkyl halides is 3. The molecule has 0 radical (unpaired) electrons. The molecule has 14 heteroatoms. The molecule has 2 amide bonds. The van der Waals surface area contributed by atoms with E-state index in [0.29, 0.717) is 15.9 Å². The van der Waals surface area contributed by atoms with Crippen LogP contribution in [0.3, 0.4) is 0 Å². The van der Waals surface area contributed by atoms with Gasteiger partial charge in [-0.2, -0.15) is 23.4 Å². The van der Waals surface area contributed by atoms with E-state index in [9.17, 15) is 18.0 Å². The highest BCUT2D eigenvalue weighted by Crippen LogP contribution is 2.38. The predicted molar refractivity (Wildman–Crippen MR) is 134 cm³/mol. The van der Waals surface area contributed by atoms with Gasteiger partial charge in [0.1, 0.15) is 22.0 Å². The van der Waals surface area contributed by atoms with Gasteiger partial charge in [0.15, 0.2) is 5.82 Å². The minimum atomic E-state index is -4.77. The lowest BCUT2D eigenvalue weighted by Gasteiger charge is -2.20. The van der Waals surface area contributed by atoms with E-state index in [4.69, 9.17) is 4.74 Å². The molecule has 5 rings (SSSR count). The molecular weight excluding hydrogens is 521 g/mol. The number of benzene rings is 1. The molecular formula is C24H19F3N8O2S. The molecule has 0 saturated carbocycles. The topological polar surface area (TPSA) is 120 Å². The van der Waals surface area contributed by atoms with E-state index in [0.717, 1.165) is 27.6 Å². The van der Waals surface area contributed by atoms with Crippen LogP contribution in [-0.4, -0.2) is 43.1 Å². The van der Waals surface area contributed by atoms with Crippen LogP contribution in [0.25, 0.3) is 16.2 Å². The number of hydrogen-bond acceptors (Lipinski definition) is 8. The number of fused-ring (bicyclic) bond motifs is 1. The summed E-state index contributed by atoms with van der Waals surface area (Å²) in [5.41, 5.74) is 0.931. The first-order valence-corrected chi connectivity index (χ1v) is 11.9. The van der Waals surface area contributed by atoms with Gasteiger partial charge in [0.2, 0.25) is 0 Å². The second kappa shape index (κ2) is 10.1. The van der Waals surface area contributed by atoms with E-state index in [1.165, 1.54) is 37.0 Å². The number of urea groups is 1. The summed E-state index contributed by atoms with van der Waals surface area (Å²) in [7, 11) is 1.54. The molecule has 4 heterocycles. The molecule has 0 fully saturated rings. The number of hydrogen-bond donors (Lipinski definition) is 2. The zero-order chi connectivity index (χ0) is 26.9. The van der Waals surface area contributed by atoms with Crippen molar-refractivity contribution < 1.29 is 22.7 Å². The van der Waals surface area contributed by atoms with Gasteiger partial charge >= 0.3 is 12.2 Å². The maximum atomic E-state index is 13.7. The van der Waals surface area contributed by atoms with E-state index in [2.05, 4.69) is 35.8 Å². The Morgan fingerprint density at radius 3 is 2.50 bits per heavy atom. The Balaban J connectivity index is 1.48. The molecule has 2 N–H and O–H groups in total. The van der Waals surface area contributed by atoms with E-state index in [1.54, 1.807) is 0 Å². The maximum Gasteiger partial charge on any atom is 0.420 e. The number of amides is 2. The van der Waals surface area contributed by atoms with Crippen molar-refractivity contribution in [2.45, 2.75) is 19.2 Å². The maximum absolute atomic E-state index is 13.7. The molecule has 38 heavy (non-hydrogen) atoms. The number of aromatic nitrogens is 6. The highest BCUT2D eigenvalue weighted by Gasteiger charge is 2.36. The van der Waals surface area contributed by atoms with Crippen molar-refractivity contribution in [1.29, 1.82) is 0 Å². The molecule has 0 aliphatic carbocycles. The molecule has 1 aromatic carbocycles. The van der Waals surface area contributed by atoms with Gasteiger partial charge in [-0.15, -0.1) is 4.80 Å². The molecule has 0 saturated heterocycles. The lowest BCUT2D eigenvalue weighted by molar-refractivity contribution is -0.137. The molecule has 0 aliphatic heterocycles.